The van der Waals surface area contributed by atoms with Crippen LogP contribution in [0.25, 0.3) is 0 Å². The van der Waals surface area contributed by atoms with E-state index >= 15 is 0 Å². The van der Waals surface area contributed by atoms with Gasteiger partial charge < -0.3 is 26.6 Å². The first-order chi connectivity index (χ1) is 4.24. The molecule has 0 aromatic rings. The first-order valence-electron chi connectivity index (χ1n) is 2.68. The maximum absolute atomic E-state index is 8.50. The largest absolute Gasteiger partial charge is 0.396 e. The molecule has 0 unspecified atom stereocenters. The highest BCUT2D eigenvalue weighted by Crippen LogP contribution is 2.11. The van der Waals surface area contributed by atoms with Gasteiger partial charge in [-0.15, -0.1) is 0 Å². The molecule has 0 fully saturated rings. The molecule has 0 saturated carbocycles. The lowest BCUT2D eigenvalue weighted by Gasteiger charge is -2.23. The van der Waals surface area contributed by atoms with Gasteiger partial charge in [-0.25, -0.2) is 0 Å². The molecule has 0 aliphatic heterocycles. The molecule has 7 N–H and O–H groups in total. The predicted octanol–water partition coefficient (Wildman–Crippen LogP) is -1.90. The van der Waals surface area contributed by atoms with Gasteiger partial charge in [0, 0.05) is 0 Å². The number of aliphatic hydroxyl groups is 4. The fourth-order valence-corrected chi connectivity index (χ4v) is 0.300. The van der Waals surface area contributed by atoms with Crippen molar-refractivity contribution < 1.29 is 20.4 Å². The standard InChI is InChI=1S/C5H12O4.H3N/c6-1-5(2-7,3-8)4-9;/h6-9H,1-4H2;1H3. The van der Waals surface area contributed by atoms with Crippen molar-refractivity contribution in [2.45, 2.75) is 0 Å². The van der Waals surface area contributed by atoms with Crippen molar-refractivity contribution in [2.24, 2.45) is 5.41 Å². The molecule has 0 aromatic carbocycles. The van der Waals surface area contributed by atoms with Crippen molar-refractivity contribution in [1.82, 2.24) is 6.15 Å². The second kappa shape index (κ2) is 5.57. The van der Waals surface area contributed by atoms with Gasteiger partial charge in [0.2, 0.25) is 0 Å². The number of rotatable bonds is 4. The highest BCUT2D eigenvalue weighted by Gasteiger charge is 2.26. The van der Waals surface area contributed by atoms with Crippen LogP contribution < -0.4 is 6.15 Å². The third-order valence-electron chi connectivity index (χ3n) is 1.34. The van der Waals surface area contributed by atoms with Crippen molar-refractivity contribution >= 4 is 0 Å². The van der Waals surface area contributed by atoms with Crippen LogP contribution in [0.5, 0.6) is 0 Å². The Balaban J connectivity index is 0. The summed E-state index contributed by atoms with van der Waals surface area (Å²) in [4.78, 5) is 0. The molecule has 5 nitrogen and oxygen atoms in total. The lowest BCUT2D eigenvalue weighted by molar-refractivity contribution is -0.0328. The van der Waals surface area contributed by atoms with Gasteiger partial charge in [-0.2, -0.15) is 0 Å². The Labute approximate surface area is 59.5 Å². The minimum absolute atomic E-state index is 0. The summed E-state index contributed by atoms with van der Waals surface area (Å²) in [7, 11) is 0. The summed E-state index contributed by atoms with van der Waals surface area (Å²) < 4.78 is 0. The van der Waals surface area contributed by atoms with Gasteiger partial charge in [0.1, 0.15) is 0 Å². The van der Waals surface area contributed by atoms with Crippen LogP contribution in [-0.2, 0) is 0 Å². The minimum Gasteiger partial charge on any atom is -0.396 e. The Bertz CT molecular complexity index is 56.5. The van der Waals surface area contributed by atoms with Crippen LogP contribution in [-0.4, -0.2) is 46.9 Å². The van der Waals surface area contributed by atoms with Crippen LogP contribution in [0.15, 0.2) is 0 Å². The van der Waals surface area contributed by atoms with Gasteiger partial charge in [-0.05, 0) is 0 Å². The SMILES string of the molecule is N.OCC(CO)(CO)CO. The summed E-state index contributed by atoms with van der Waals surface area (Å²) in [6.07, 6.45) is 0. The fourth-order valence-electron chi connectivity index (χ4n) is 0.300. The van der Waals surface area contributed by atoms with Gasteiger partial charge >= 0.3 is 0 Å². The zero-order valence-corrected chi connectivity index (χ0v) is 5.82. The van der Waals surface area contributed by atoms with Crippen molar-refractivity contribution in [3.8, 4) is 0 Å². The smallest absolute Gasteiger partial charge is 0.0627 e. The molecular formula is C5H15NO4. The Morgan fingerprint density at radius 3 is 0.900 bits per heavy atom. The third-order valence-corrected chi connectivity index (χ3v) is 1.34. The van der Waals surface area contributed by atoms with Crippen molar-refractivity contribution in [3.63, 3.8) is 0 Å². The van der Waals surface area contributed by atoms with Crippen LogP contribution in [0.4, 0.5) is 0 Å². The molecule has 0 radical (unpaired) electrons. The van der Waals surface area contributed by atoms with E-state index in [0.717, 1.165) is 0 Å². The average Bonchev–Trinajstić information content (AvgIpc) is 1.95. The third kappa shape index (κ3) is 2.59. The molecule has 0 aliphatic rings. The summed E-state index contributed by atoms with van der Waals surface area (Å²) in [6, 6.07) is 0. The van der Waals surface area contributed by atoms with Gasteiger partial charge in [-0.1, -0.05) is 0 Å². The molecule has 0 aliphatic carbocycles. The van der Waals surface area contributed by atoms with Gasteiger partial charge in [-0.3, -0.25) is 0 Å². The monoisotopic (exact) mass is 153 g/mol. The highest BCUT2D eigenvalue weighted by molar-refractivity contribution is 4.74. The van der Waals surface area contributed by atoms with Crippen molar-refractivity contribution in [1.29, 1.82) is 0 Å². The Morgan fingerprint density at radius 1 is 0.700 bits per heavy atom. The first kappa shape index (κ1) is 12.5. The minimum atomic E-state index is -1.11. The maximum Gasteiger partial charge on any atom is 0.0627 e. The molecular weight excluding hydrogens is 138 g/mol. The molecule has 0 amide bonds. The van der Waals surface area contributed by atoms with Crippen LogP contribution in [0.2, 0.25) is 0 Å². The van der Waals surface area contributed by atoms with E-state index in [-0.39, 0.29) is 6.15 Å². The van der Waals surface area contributed by atoms with Crippen LogP contribution in [0.3, 0.4) is 0 Å². The van der Waals surface area contributed by atoms with E-state index in [9.17, 15) is 0 Å². The summed E-state index contributed by atoms with van der Waals surface area (Å²) >= 11 is 0. The molecule has 5 heteroatoms. The summed E-state index contributed by atoms with van der Waals surface area (Å²) in [5.41, 5.74) is -1.11. The lowest BCUT2D eigenvalue weighted by atomic mass is 9.93. The lowest BCUT2D eigenvalue weighted by Crippen LogP contribution is -2.37. The van der Waals surface area contributed by atoms with E-state index in [0.29, 0.717) is 0 Å². The molecule has 0 aromatic heterocycles. The zero-order chi connectivity index (χ0) is 7.33. The summed E-state index contributed by atoms with van der Waals surface area (Å²) in [6.45, 7) is -1.62. The average molecular weight is 153 g/mol. The summed E-state index contributed by atoms with van der Waals surface area (Å²) in [5.74, 6) is 0. The van der Waals surface area contributed by atoms with Gasteiger partial charge in [0.15, 0.2) is 0 Å². The van der Waals surface area contributed by atoms with E-state index in [4.69, 9.17) is 20.4 Å². The molecule has 0 bridgehead atoms. The number of hydrogen-bond acceptors (Lipinski definition) is 5. The van der Waals surface area contributed by atoms with E-state index in [1.165, 1.54) is 0 Å². The van der Waals surface area contributed by atoms with Crippen LogP contribution in [0.1, 0.15) is 0 Å². The highest BCUT2D eigenvalue weighted by atomic mass is 16.3. The first-order valence-corrected chi connectivity index (χ1v) is 2.68. The van der Waals surface area contributed by atoms with E-state index in [2.05, 4.69) is 0 Å². The van der Waals surface area contributed by atoms with E-state index < -0.39 is 31.8 Å². The van der Waals surface area contributed by atoms with E-state index in [1.807, 2.05) is 0 Å². The Hall–Kier alpha value is -0.200. The summed E-state index contributed by atoms with van der Waals surface area (Å²) in [5, 5.41) is 34.0. The zero-order valence-electron chi connectivity index (χ0n) is 5.82. The second-order valence-electron chi connectivity index (χ2n) is 2.13. The quantitative estimate of drug-likeness (QED) is 0.323. The predicted molar refractivity (Wildman–Crippen MR) is 35.8 cm³/mol. The second-order valence-corrected chi connectivity index (χ2v) is 2.13. The molecule has 0 heterocycles. The molecule has 0 spiro atoms. The van der Waals surface area contributed by atoms with Gasteiger partial charge in [0.25, 0.3) is 0 Å². The van der Waals surface area contributed by atoms with Crippen molar-refractivity contribution in [3.05, 3.63) is 0 Å². The van der Waals surface area contributed by atoms with Crippen LogP contribution >= 0.6 is 0 Å². The number of aliphatic hydroxyl groups excluding tert-OH is 4. The Kier molecular flexibility index (Phi) is 6.95. The van der Waals surface area contributed by atoms with Crippen molar-refractivity contribution in [2.75, 3.05) is 26.4 Å². The maximum atomic E-state index is 8.50. The van der Waals surface area contributed by atoms with E-state index in [1.54, 1.807) is 0 Å². The topological polar surface area (TPSA) is 116 Å². The number of hydrogen-bond donors (Lipinski definition) is 5. The fraction of sp³-hybridized carbons (Fsp3) is 1.00. The van der Waals surface area contributed by atoms with Gasteiger partial charge in [0.05, 0.1) is 31.8 Å². The molecule has 0 rings (SSSR count). The van der Waals surface area contributed by atoms with Crippen LogP contribution in [0, 0.1) is 5.41 Å². The molecule has 10 heavy (non-hydrogen) atoms. The molecule has 0 atom stereocenters. The normalized spacial score (nSPS) is 10.8. The molecule has 64 valence electrons. The Morgan fingerprint density at radius 2 is 0.900 bits per heavy atom. The molecule has 0 saturated heterocycles.